The van der Waals surface area contributed by atoms with Crippen LogP contribution in [-0.2, 0) is 26.2 Å². The molecule has 2 amide bonds. The Morgan fingerprint density at radius 3 is 2.22 bits per heavy atom. The van der Waals surface area contributed by atoms with Gasteiger partial charge in [-0.05, 0) is 55.3 Å². The Kier molecular flexibility index (Phi) is 11.6. The molecular weight excluding hydrogens is 610 g/mol. The highest BCUT2D eigenvalue weighted by Gasteiger charge is 2.33. The van der Waals surface area contributed by atoms with Crippen molar-refractivity contribution in [1.82, 2.24) is 10.2 Å². The number of rotatable bonds is 14. The van der Waals surface area contributed by atoms with Crippen LogP contribution in [0.1, 0.15) is 32.3 Å². The van der Waals surface area contributed by atoms with E-state index < -0.39 is 28.5 Å². The van der Waals surface area contributed by atoms with Crippen molar-refractivity contribution in [2.24, 2.45) is 0 Å². The molecule has 0 unspecified atom stereocenters. The van der Waals surface area contributed by atoms with E-state index in [1.165, 1.54) is 37.3 Å². The number of anilines is 1. The average molecular weight is 647 g/mol. The van der Waals surface area contributed by atoms with Gasteiger partial charge in [0.1, 0.15) is 12.6 Å². The SMILES string of the molecule is CCCCNC(=O)[C@@H](C)N(Cc1ccc(Br)cc1)C(=O)CN(c1ccccc1)S(=O)(=O)c1ccc(OC)c(OC)c1. The van der Waals surface area contributed by atoms with Crippen molar-refractivity contribution in [2.75, 3.05) is 31.6 Å². The van der Waals surface area contributed by atoms with Gasteiger partial charge >= 0.3 is 0 Å². The van der Waals surface area contributed by atoms with Gasteiger partial charge in [0.15, 0.2) is 11.5 Å². The summed E-state index contributed by atoms with van der Waals surface area (Å²) in [6.07, 6.45) is 1.72. The monoisotopic (exact) mass is 645 g/mol. The minimum absolute atomic E-state index is 0.0726. The van der Waals surface area contributed by atoms with Crippen LogP contribution in [0, 0.1) is 0 Å². The van der Waals surface area contributed by atoms with E-state index in [0.717, 1.165) is 27.2 Å². The van der Waals surface area contributed by atoms with Crippen LogP contribution < -0.4 is 19.1 Å². The number of halogens is 1. The first-order valence-electron chi connectivity index (χ1n) is 13.2. The van der Waals surface area contributed by atoms with Crippen molar-refractivity contribution in [2.45, 2.75) is 44.2 Å². The molecule has 0 spiro atoms. The van der Waals surface area contributed by atoms with Gasteiger partial charge in [-0.25, -0.2) is 8.42 Å². The molecule has 3 rings (SSSR count). The minimum atomic E-state index is -4.24. The van der Waals surface area contributed by atoms with Crippen LogP contribution in [0.2, 0.25) is 0 Å². The minimum Gasteiger partial charge on any atom is -0.493 e. The molecule has 0 fully saturated rings. The fourth-order valence-corrected chi connectivity index (χ4v) is 5.83. The first-order valence-corrected chi connectivity index (χ1v) is 15.5. The Labute approximate surface area is 250 Å². The molecule has 3 aromatic carbocycles. The zero-order valence-electron chi connectivity index (χ0n) is 23.7. The molecule has 0 aromatic heterocycles. The summed E-state index contributed by atoms with van der Waals surface area (Å²) in [5.74, 6) is -0.226. The van der Waals surface area contributed by atoms with Crippen LogP contribution in [0.3, 0.4) is 0 Å². The first kappa shape index (κ1) is 32.0. The zero-order valence-corrected chi connectivity index (χ0v) is 26.1. The summed E-state index contributed by atoms with van der Waals surface area (Å²) in [4.78, 5) is 28.3. The number of carbonyl (C=O) groups is 2. The van der Waals surface area contributed by atoms with Gasteiger partial charge in [0, 0.05) is 23.6 Å². The van der Waals surface area contributed by atoms with Crippen LogP contribution in [0.4, 0.5) is 5.69 Å². The van der Waals surface area contributed by atoms with Crippen molar-refractivity contribution in [3.63, 3.8) is 0 Å². The molecule has 3 aromatic rings. The third-order valence-corrected chi connectivity index (χ3v) is 8.83. The lowest BCUT2D eigenvalue weighted by Crippen LogP contribution is -2.51. The first-order chi connectivity index (χ1) is 19.6. The lowest BCUT2D eigenvalue weighted by Gasteiger charge is -2.32. The highest BCUT2D eigenvalue weighted by atomic mass is 79.9. The Bertz CT molecular complexity index is 1420. The molecule has 0 saturated heterocycles. The second-order valence-electron chi connectivity index (χ2n) is 9.33. The van der Waals surface area contributed by atoms with E-state index in [0.29, 0.717) is 18.0 Å². The molecule has 0 aliphatic carbocycles. The third kappa shape index (κ3) is 8.23. The number of hydrogen-bond donors (Lipinski definition) is 1. The largest absolute Gasteiger partial charge is 0.493 e. The van der Waals surface area contributed by atoms with E-state index in [9.17, 15) is 18.0 Å². The number of benzene rings is 3. The number of para-hydroxylation sites is 1. The van der Waals surface area contributed by atoms with Gasteiger partial charge in [0.25, 0.3) is 10.0 Å². The van der Waals surface area contributed by atoms with Gasteiger partial charge in [-0.3, -0.25) is 13.9 Å². The second kappa shape index (κ2) is 14.9. The topological polar surface area (TPSA) is 105 Å². The lowest BCUT2D eigenvalue weighted by atomic mass is 10.1. The molecule has 0 aliphatic rings. The van der Waals surface area contributed by atoms with Gasteiger partial charge in [-0.1, -0.05) is 59.6 Å². The maximum Gasteiger partial charge on any atom is 0.264 e. The van der Waals surface area contributed by atoms with E-state index in [1.54, 1.807) is 37.3 Å². The number of nitrogens with zero attached hydrogens (tertiary/aromatic N) is 2. The van der Waals surface area contributed by atoms with E-state index in [-0.39, 0.29) is 23.1 Å². The molecule has 0 heterocycles. The van der Waals surface area contributed by atoms with E-state index >= 15 is 0 Å². The van der Waals surface area contributed by atoms with Crippen LogP contribution in [0.5, 0.6) is 11.5 Å². The molecule has 220 valence electrons. The fraction of sp³-hybridized carbons (Fsp3) is 0.333. The predicted molar refractivity (Wildman–Crippen MR) is 163 cm³/mol. The Morgan fingerprint density at radius 1 is 0.951 bits per heavy atom. The van der Waals surface area contributed by atoms with Crippen molar-refractivity contribution >= 4 is 43.5 Å². The van der Waals surface area contributed by atoms with Crippen LogP contribution >= 0.6 is 15.9 Å². The molecule has 0 radical (unpaired) electrons. The maximum absolute atomic E-state index is 14.0. The second-order valence-corrected chi connectivity index (χ2v) is 12.1. The molecule has 41 heavy (non-hydrogen) atoms. The van der Waals surface area contributed by atoms with E-state index in [1.807, 2.05) is 31.2 Å². The molecule has 0 saturated carbocycles. The standard InChI is InChI=1S/C30H36BrN3O6S/c1-5-6-18-32-30(36)22(2)33(20-23-12-14-24(31)15-13-23)29(35)21-34(25-10-8-7-9-11-25)41(37,38)26-16-17-27(39-3)28(19-26)40-4/h7-17,19,22H,5-6,18,20-21H2,1-4H3,(H,32,36)/t22-/m1/s1. The van der Waals surface area contributed by atoms with Crippen molar-refractivity contribution in [3.8, 4) is 11.5 Å². The summed E-state index contributed by atoms with van der Waals surface area (Å²) in [5, 5.41) is 2.88. The molecule has 0 aliphatic heterocycles. The molecule has 1 N–H and O–H groups in total. The van der Waals surface area contributed by atoms with E-state index in [2.05, 4.69) is 21.2 Å². The number of hydrogen-bond acceptors (Lipinski definition) is 6. The summed E-state index contributed by atoms with van der Waals surface area (Å²) in [6, 6.07) is 19.2. The number of sulfonamides is 1. The normalized spacial score (nSPS) is 11.8. The lowest BCUT2D eigenvalue weighted by molar-refractivity contribution is -0.139. The number of methoxy groups -OCH3 is 2. The summed E-state index contributed by atoms with van der Waals surface area (Å²) >= 11 is 3.42. The quantitative estimate of drug-likeness (QED) is 0.248. The highest BCUT2D eigenvalue weighted by Crippen LogP contribution is 2.32. The van der Waals surface area contributed by atoms with Crippen LogP contribution in [0.25, 0.3) is 0 Å². The number of carbonyl (C=O) groups excluding carboxylic acids is 2. The summed E-state index contributed by atoms with van der Waals surface area (Å²) in [5.41, 5.74) is 1.10. The van der Waals surface area contributed by atoms with Gasteiger partial charge in [0.2, 0.25) is 11.8 Å². The molecule has 9 nitrogen and oxygen atoms in total. The Hall–Kier alpha value is -3.57. The molecular formula is C30H36BrN3O6S. The van der Waals surface area contributed by atoms with Crippen molar-refractivity contribution < 1.29 is 27.5 Å². The summed E-state index contributed by atoms with van der Waals surface area (Å²) in [6.45, 7) is 3.75. The number of ether oxygens (including phenoxy) is 2. The number of unbranched alkanes of at least 4 members (excludes halogenated alkanes) is 1. The van der Waals surface area contributed by atoms with Gasteiger partial charge < -0.3 is 19.7 Å². The van der Waals surface area contributed by atoms with Gasteiger partial charge in [0.05, 0.1) is 24.8 Å². The van der Waals surface area contributed by atoms with Crippen molar-refractivity contribution in [1.29, 1.82) is 0 Å². The van der Waals surface area contributed by atoms with Gasteiger partial charge in [-0.15, -0.1) is 0 Å². The number of nitrogens with one attached hydrogen (secondary N) is 1. The highest BCUT2D eigenvalue weighted by molar-refractivity contribution is 9.10. The van der Waals surface area contributed by atoms with Crippen LogP contribution in [-0.4, -0.2) is 58.5 Å². The fourth-order valence-electron chi connectivity index (χ4n) is 4.13. The molecule has 11 heteroatoms. The van der Waals surface area contributed by atoms with Crippen LogP contribution in [0.15, 0.2) is 82.2 Å². The van der Waals surface area contributed by atoms with Gasteiger partial charge in [-0.2, -0.15) is 0 Å². The zero-order chi connectivity index (χ0) is 30.0. The molecule has 1 atom stereocenters. The summed E-state index contributed by atoms with van der Waals surface area (Å²) in [7, 11) is -1.36. The van der Waals surface area contributed by atoms with E-state index in [4.69, 9.17) is 9.47 Å². The third-order valence-electron chi connectivity index (χ3n) is 6.53. The Balaban J connectivity index is 2.01. The average Bonchev–Trinajstić information content (AvgIpc) is 2.99. The predicted octanol–water partition coefficient (Wildman–Crippen LogP) is 5.00. The Morgan fingerprint density at radius 2 is 1.61 bits per heavy atom. The number of amides is 2. The summed E-state index contributed by atoms with van der Waals surface area (Å²) < 4.78 is 40.5. The van der Waals surface area contributed by atoms with Crippen molar-refractivity contribution in [3.05, 3.63) is 82.8 Å². The molecule has 0 bridgehead atoms. The maximum atomic E-state index is 14.0. The smallest absolute Gasteiger partial charge is 0.264 e.